The third-order valence-corrected chi connectivity index (χ3v) is 3.89. The van der Waals surface area contributed by atoms with E-state index in [0.29, 0.717) is 19.5 Å². The number of aliphatic carboxylic acids is 1. The first-order valence-electron chi connectivity index (χ1n) is 6.67. The number of fused-ring (bicyclic) bond motifs is 1. The van der Waals surface area contributed by atoms with Crippen LogP contribution in [0.4, 0.5) is 4.79 Å². The zero-order valence-corrected chi connectivity index (χ0v) is 11.2. The Morgan fingerprint density at radius 3 is 2.80 bits per heavy atom. The normalized spacial score (nSPS) is 28.3. The fraction of sp³-hybridized carbons (Fsp3) is 0.750. The number of hydrogen-bond donors (Lipinski definition) is 4. The molecule has 2 saturated heterocycles. The Bertz CT molecular complexity index is 425. The summed E-state index contributed by atoms with van der Waals surface area (Å²) in [4.78, 5) is 36.2. The lowest BCUT2D eigenvalue weighted by molar-refractivity contribution is -0.142. The molecular formula is C12H19N3O5. The van der Waals surface area contributed by atoms with E-state index in [1.807, 2.05) is 0 Å². The first-order valence-corrected chi connectivity index (χ1v) is 6.67. The third kappa shape index (κ3) is 2.69. The molecule has 4 atom stereocenters. The molecule has 0 aromatic heterocycles. The molecule has 2 aliphatic rings. The largest absolute Gasteiger partial charge is 0.480 e. The number of aliphatic hydroxyl groups is 1. The lowest BCUT2D eigenvalue weighted by Gasteiger charge is -2.36. The number of nitrogens with one attached hydrogen (secondary N) is 2. The highest BCUT2D eigenvalue weighted by molar-refractivity contribution is 5.86. The highest BCUT2D eigenvalue weighted by atomic mass is 16.4. The van der Waals surface area contributed by atoms with Crippen molar-refractivity contribution in [1.29, 1.82) is 0 Å². The second kappa shape index (κ2) is 5.66. The summed E-state index contributed by atoms with van der Waals surface area (Å²) < 4.78 is 0. The second-order valence-corrected chi connectivity index (χ2v) is 5.26. The summed E-state index contributed by atoms with van der Waals surface area (Å²) >= 11 is 0. The van der Waals surface area contributed by atoms with Crippen LogP contribution >= 0.6 is 0 Å². The summed E-state index contributed by atoms with van der Waals surface area (Å²) in [6.07, 6.45) is 0.244. The molecule has 0 bridgehead atoms. The van der Waals surface area contributed by atoms with Gasteiger partial charge in [0.05, 0.1) is 18.1 Å². The van der Waals surface area contributed by atoms with Crippen LogP contribution in [-0.4, -0.2) is 64.3 Å². The summed E-state index contributed by atoms with van der Waals surface area (Å²) in [6.45, 7) is 2.18. The maximum atomic E-state index is 12.2. The van der Waals surface area contributed by atoms with E-state index in [0.717, 1.165) is 6.42 Å². The molecular weight excluding hydrogens is 266 g/mol. The monoisotopic (exact) mass is 285 g/mol. The average molecular weight is 285 g/mol. The van der Waals surface area contributed by atoms with Crippen LogP contribution < -0.4 is 10.6 Å². The Kier molecular flexibility index (Phi) is 4.12. The van der Waals surface area contributed by atoms with Crippen molar-refractivity contribution in [2.75, 3.05) is 13.1 Å². The number of amides is 3. The minimum absolute atomic E-state index is 0.0576. The molecule has 0 radical (unpaired) electrons. The fourth-order valence-electron chi connectivity index (χ4n) is 2.81. The molecule has 8 nitrogen and oxygen atoms in total. The van der Waals surface area contributed by atoms with Gasteiger partial charge in [-0.3, -0.25) is 4.79 Å². The lowest BCUT2D eigenvalue weighted by atomic mass is 9.92. The summed E-state index contributed by atoms with van der Waals surface area (Å²) in [6, 6.07) is -2.14. The molecule has 0 aliphatic carbocycles. The number of hydrogen-bond acceptors (Lipinski definition) is 4. The average Bonchev–Trinajstić information content (AvgIpc) is 2.77. The number of likely N-dealkylation sites (tertiary alicyclic amines) is 1. The van der Waals surface area contributed by atoms with Crippen LogP contribution in [-0.2, 0) is 9.59 Å². The van der Waals surface area contributed by atoms with Crippen molar-refractivity contribution in [3.63, 3.8) is 0 Å². The van der Waals surface area contributed by atoms with Crippen molar-refractivity contribution in [2.24, 2.45) is 5.92 Å². The first kappa shape index (κ1) is 14.6. The molecule has 3 amide bonds. The van der Waals surface area contributed by atoms with Crippen molar-refractivity contribution in [3.8, 4) is 0 Å². The lowest BCUT2D eigenvalue weighted by Crippen LogP contribution is -2.57. The van der Waals surface area contributed by atoms with Gasteiger partial charge in [0.1, 0.15) is 0 Å². The van der Waals surface area contributed by atoms with Gasteiger partial charge in [0.15, 0.2) is 6.04 Å². The Balaban J connectivity index is 2.05. The smallest absolute Gasteiger partial charge is 0.328 e. The summed E-state index contributed by atoms with van der Waals surface area (Å²) in [7, 11) is 0. The number of nitrogens with zero attached hydrogens (tertiary/aromatic N) is 1. The molecule has 4 N–H and O–H groups in total. The van der Waals surface area contributed by atoms with Crippen molar-refractivity contribution in [2.45, 2.75) is 38.0 Å². The molecule has 0 saturated carbocycles. The number of urea groups is 1. The van der Waals surface area contributed by atoms with Crippen molar-refractivity contribution < 1.29 is 24.6 Å². The van der Waals surface area contributed by atoms with E-state index >= 15 is 0 Å². The van der Waals surface area contributed by atoms with E-state index in [9.17, 15) is 19.5 Å². The maximum absolute atomic E-state index is 12.2. The zero-order chi connectivity index (χ0) is 14.9. The molecule has 2 unspecified atom stereocenters. The van der Waals surface area contributed by atoms with Gasteiger partial charge in [-0.25, -0.2) is 9.59 Å². The molecule has 112 valence electrons. The highest BCUT2D eigenvalue weighted by Gasteiger charge is 2.43. The number of rotatable bonds is 3. The number of carbonyl (C=O) groups excluding carboxylic acids is 2. The SMILES string of the molecule is C[C@@H](O)[C@H](NC(=O)N1CCCC2C(=O)NCC21)C(=O)O. The predicted molar refractivity (Wildman–Crippen MR) is 67.9 cm³/mol. The molecule has 2 rings (SSSR count). The van der Waals surface area contributed by atoms with Gasteiger partial charge >= 0.3 is 12.0 Å². The topological polar surface area (TPSA) is 119 Å². The summed E-state index contributed by atoms with van der Waals surface area (Å²) in [5.74, 6) is -1.57. The summed E-state index contributed by atoms with van der Waals surface area (Å²) in [5, 5.41) is 23.4. The molecule has 2 aliphatic heterocycles. The summed E-state index contributed by atoms with van der Waals surface area (Å²) in [5.41, 5.74) is 0. The fourth-order valence-corrected chi connectivity index (χ4v) is 2.81. The quantitative estimate of drug-likeness (QED) is 0.516. The molecule has 2 fully saturated rings. The van der Waals surface area contributed by atoms with Crippen molar-refractivity contribution in [3.05, 3.63) is 0 Å². The van der Waals surface area contributed by atoms with E-state index in [4.69, 9.17) is 5.11 Å². The second-order valence-electron chi connectivity index (χ2n) is 5.26. The maximum Gasteiger partial charge on any atom is 0.328 e. The van der Waals surface area contributed by atoms with Gasteiger partial charge in [0, 0.05) is 13.1 Å². The van der Waals surface area contributed by atoms with Gasteiger partial charge in [0.25, 0.3) is 0 Å². The van der Waals surface area contributed by atoms with Gasteiger partial charge < -0.3 is 25.7 Å². The molecule has 8 heteroatoms. The Hall–Kier alpha value is -1.83. The van der Waals surface area contributed by atoms with Gasteiger partial charge in [0.2, 0.25) is 5.91 Å². The first-order chi connectivity index (χ1) is 9.41. The van der Waals surface area contributed by atoms with Crippen LogP contribution in [0.25, 0.3) is 0 Å². The van der Waals surface area contributed by atoms with E-state index in [1.54, 1.807) is 0 Å². The minimum atomic E-state index is -1.35. The van der Waals surface area contributed by atoms with Gasteiger partial charge in [-0.05, 0) is 19.8 Å². The third-order valence-electron chi connectivity index (χ3n) is 3.89. The van der Waals surface area contributed by atoms with Gasteiger partial charge in [-0.2, -0.15) is 0 Å². The van der Waals surface area contributed by atoms with Crippen molar-refractivity contribution >= 4 is 17.9 Å². The number of carboxylic acids is 1. The van der Waals surface area contributed by atoms with Gasteiger partial charge in [-0.15, -0.1) is 0 Å². The van der Waals surface area contributed by atoms with E-state index in [1.165, 1.54) is 11.8 Å². The van der Waals surface area contributed by atoms with Crippen molar-refractivity contribution in [1.82, 2.24) is 15.5 Å². The molecule has 0 spiro atoms. The molecule has 0 aromatic rings. The van der Waals surface area contributed by atoms with Crippen LogP contribution in [0.3, 0.4) is 0 Å². The number of aliphatic hydroxyl groups excluding tert-OH is 1. The molecule has 2 heterocycles. The van der Waals surface area contributed by atoms with Crippen LogP contribution in [0.2, 0.25) is 0 Å². The van der Waals surface area contributed by atoms with Crippen LogP contribution in [0.5, 0.6) is 0 Å². The number of piperidine rings is 1. The van der Waals surface area contributed by atoms with Crippen LogP contribution in [0.1, 0.15) is 19.8 Å². The van der Waals surface area contributed by atoms with Gasteiger partial charge in [-0.1, -0.05) is 0 Å². The standard InChI is InChI=1S/C12H19N3O5/c1-6(16)9(11(18)19)14-12(20)15-4-2-3-7-8(15)5-13-10(7)17/h6-9,16H,2-5H2,1H3,(H,13,17)(H,14,20)(H,18,19)/t6-,7?,8?,9+/m1/s1. The Morgan fingerprint density at radius 1 is 1.50 bits per heavy atom. The zero-order valence-electron chi connectivity index (χ0n) is 11.2. The van der Waals surface area contributed by atoms with E-state index in [-0.39, 0.29) is 17.9 Å². The number of carbonyl (C=O) groups is 3. The van der Waals surface area contributed by atoms with Crippen LogP contribution in [0, 0.1) is 5.92 Å². The molecule has 20 heavy (non-hydrogen) atoms. The van der Waals surface area contributed by atoms with E-state index < -0.39 is 24.1 Å². The Morgan fingerprint density at radius 2 is 2.20 bits per heavy atom. The number of carboxylic acid groups (broad SMARTS) is 1. The minimum Gasteiger partial charge on any atom is -0.480 e. The Labute approximate surface area is 116 Å². The molecule has 0 aromatic carbocycles. The highest BCUT2D eigenvalue weighted by Crippen LogP contribution is 2.27. The predicted octanol–water partition coefficient (Wildman–Crippen LogP) is -1.26. The van der Waals surface area contributed by atoms with E-state index in [2.05, 4.69) is 10.6 Å². The van der Waals surface area contributed by atoms with Crippen LogP contribution in [0.15, 0.2) is 0 Å².